The van der Waals surface area contributed by atoms with Crippen molar-refractivity contribution in [3.63, 3.8) is 0 Å². The van der Waals surface area contributed by atoms with Crippen LogP contribution in [0.2, 0.25) is 0 Å². The molecule has 0 radical (unpaired) electrons. The molecule has 7 atom stereocenters. The highest BCUT2D eigenvalue weighted by atomic mass is 16.7. The minimum atomic E-state index is -1.54. The Morgan fingerprint density at radius 1 is 1.11 bits per heavy atom. The lowest BCUT2D eigenvalue weighted by atomic mass is 9.92. The van der Waals surface area contributed by atoms with E-state index < -0.39 is 49.3 Å². The zero-order valence-corrected chi connectivity index (χ0v) is 16.2. The number of aryl methyl sites for hydroxylation is 1. The first kappa shape index (κ1) is 21.3. The van der Waals surface area contributed by atoms with Crippen LogP contribution in [-0.4, -0.2) is 75.2 Å². The van der Waals surface area contributed by atoms with E-state index in [-0.39, 0.29) is 12.4 Å². The topological polar surface area (TPSA) is 137 Å². The third kappa shape index (κ3) is 3.39. The molecule has 28 heavy (non-hydrogen) atoms. The summed E-state index contributed by atoms with van der Waals surface area (Å²) in [6, 6.07) is 1.85. The Balaban J connectivity index is 1.94. The molecular weight excluding hydrogens is 368 g/mol. The molecular formula is C20H28O8. The zero-order chi connectivity index (χ0) is 20.7. The summed E-state index contributed by atoms with van der Waals surface area (Å²) in [5.74, 6) is -0.633. The first-order valence-electron chi connectivity index (χ1n) is 9.46. The van der Waals surface area contributed by atoms with E-state index in [4.69, 9.17) is 9.47 Å². The van der Waals surface area contributed by atoms with Gasteiger partial charge in [0.25, 0.3) is 0 Å². The molecule has 0 saturated carbocycles. The molecule has 8 nitrogen and oxygen atoms in total. The summed E-state index contributed by atoms with van der Waals surface area (Å²) in [5, 5.41) is 48.8. The van der Waals surface area contributed by atoms with Crippen LogP contribution < -0.4 is 0 Å². The molecule has 0 amide bonds. The number of hydrogen-bond acceptors (Lipinski definition) is 8. The van der Waals surface area contributed by atoms with E-state index in [0.29, 0.717) is 17.5 Å². The summed E-state index contributed by atoms with van der Waals surface area (Å²) < 4.78 is 11.3. The average Bonchev–Trinajstić information content (AvgIpc) is 2.89. The van der Waals surface area contributed by atoms with Crippen LogP contribution in [0.1, 0.15) is 45.6 Å². The number of ketones is 1. The molecule has 1 saturated heterocycles. The van der Waals surface area contributed by atoms with Crippen LogP contribution in [0.4, 0.5) is 0 Å². The maximum Gasteiger partial charge on any atom is 0.187 e. The second-order valence-corrected chi connectivity index (χ2v) is 7.64. The van der Waals surface area contributed by atoms with E-state index in [2.05, 4.69) is 0 Å². The van der Waals surface area contributed by atoms with E-state index in [1.165, 1.54) is 0 Å². The van der Waals surface area contributed by atoms with Gasteiger partial charge in [0, 0.05) is 12.2 Å². The molecule has 0 bridgehead atoms. The first-order valence-corrected chi connectivity index (χ1v) is 9.46. The molecule has 1 aliphatic carbocycles. The SMILES string of the molecule is Cc1cc2c(c(C)c1CCO)C(=O)[C@@H](C)[C@H]2O[C@H]1O[C@@H](CO)[C@H](O)[C@H](O)[C@@H]1O. The third-order valence-corrected chi connectivity index (χ3v) is 5.88. The predicted octanol–water partition coefficient (Wildman–Crippen LogP) is -0.472. The highest BCUT2D eigenvalue weighted by molar-refractivity contribution is 6.04. The molecule has 5 N–H and O–H groups in total. The Morgan fingerprint density at radius 3 is 2.39 bits per heavy atom. The van der Waals surface area contributed by atoms with Gasteiger partial charge in [-0.25, -0.2) is 0 Å². The normalized spacial score (nSPS) is 35.3. The fourth-order valence-corrected chi connectivity index (χ4v) is 4.25. The van der Waals surface area contributed by atoms with Crippen molar-refractivity contribution < 1.29 is 39.8 Å². The number of aliphatic hydroxyl groups excluding tert-OH is 5. The molecule has 0 aromatic heterocycles. The lowest BCUT2D eigenvalue weighted by Gasteiger charge is -2.41. The minimum absolute atomic E-state index is 0.0188. The van der Waals surface area contributed by atoms with Gasteiger partial charge < -0.3 is 35.0 Å². The van der Waals surface area contributed by atoms with Crippen LogP contribution in [0.5, 0.6) is 0 Å². The molecule has 3 rings (SSSR count). The Morgan fingerprint density at radius 2 is 1.79 bits per heavy atom. The lowest BCUT2D eigenvalue weighted by molar-refractivity contribution is -0.314. The number of benzene rings is 1. The maximum absolute atomic E-state index is 12.9. The van der Waals surface area contributed by atoms with Gasteiger partial charge in [0.2, 0.25) is 0 Å². The summed E-state index contributed by atoms with van der Waals surface area (Å²) >= 11 is 0. The summed E-state index contributed by atoms with van der Waals surface area (Å²) in [7, 11) is 0. The van der Waals surface area contributed by atoms with E-state index in [0.717, 1.165) is 16.7 Å². The summed E-state index contributed by atoms with van der Waals surface area (Å²) in [6.07, 6.45) is -7.18. The van der Waals surface area contributed by atoms with Crippen molar-refractivity contribution in [2.24, 2.45) is 5.92 Å². The van der Waals surface area contributed by atoms with Crippen LogP contribution in [0.25, 0.3) is 0 Å². The van der Waals surface area contributed by atoms with Gasteiger partial charge >= 0.3 is 0 Å². The van der Waals surface area contributed by atoms with Crippen LogP contribution in [-0.2, 0) is 15.9 Å². The molecule has 2 aliphatic rings. The van der Waals surface area contributed by atoms with E-state index in [9.17, 15) is 30.3 Å². The molecule has 156 valence electrons. The van der Waals surface area contributed by atoms with Gasteiger partial charge in [-0.1, -0.05) is 13.0 Å². The number of rotatable bonds is 5. The van der Waals surface area contributed by atoms with Crippen LogP contribution >= 0.6 is 0 Å². The summed E-state index contributed by atoms with van der Waals surface area (Å²) in [6.45, 7) is 4.89. The second-order valence-electron chi connectivity index (χ2n) is 7.64. The van der Waals surface area contributed by atoms with Gasteiger partial charge in [-0.05, 0) is 42.5 Å². The van der Waals surface area contributed by atoms with Crippen molar-refractivity contribution in [3.8, 4) is 0 Å². The Kier molecular flexibility index (Phi) is 6.21. The first-order chi connectivity index (χ1) is 13.2. The van der Waals surface area contributed by atoms with Crippen molar-refractivity contribution in [3.05, 3.63) is 33.9 Å². The number of hydrogen-bond donors (Lipinski definition) is 5. The van der Waals surface area contributed by atoms with Crippen molar-refractivity contribution in [2.45, 2.75) is 64.0 Å². The number of ether oxygens (including phenoxy) is 2. The van der Waals surface area contributed by atoms with Gasteiger partial charge in [0.1, 0.15) is 24.4 Å². The molecule has 8 heteroatoms. The molecule has 0 spiro atoms. The Hall–Kier alpha value is -1.39. The second kappa shape index (κ2) is 8.16. The number of carbonyl (C=O) groups excluding carboxylic acids is 1. The van der Waals surface area contributed by atoms with E-state index in [1.54, 1.807) is 6.92 Å². The highest BCUT2D eigenvalue weighted by Crippen LogP contribution is 2.43. The van der Waals surface area contributed by atoms with Crippen molar-refractivity contribution in [1.82, 2.24) is 0 Å². The lowest BCUT2D eigenvalue weighted by Crippen LogP contribution is -2.59. The number of carbonyl (C=O) groups is 1. The van der Waals surface area contributed by atoms with Crippen LogP contribution in [0.15, 0.2) is 6.07 Å². The minimum Gasteiger partial charge on any atom is -0.396 e. The number of fused-ring (bicyclic) bond motifs is 1. The quantitative estimate of drug-likeness (QED) is 0.451. The Bertz CT molecular complexity index is 746. The monoisotopic (exact) mass is 396 g/mol. The maximum atomic E-state index is 12.9. The summed E-state index contributed by atoms with van der Waals surface area (Å²) in [5.41, 5.74) is 3.88. The highest BCUT2D eigenvalue weighted by Gasteiger charge is 2.48. The average molecular weight is 396 g/mol. The molecule has 1 aromatic rings. The standard InChI is InChI=1S/C20H28O8/c1-8-6-12-14(9(2)11(8)4-5-21)15(23)10(3)19(12)28-20-18(26)17(25)16(24)13(7-22)27-20/h6,10,13,16-22,24-26H,4-5,7H2,1-3H3/t10-,13+,16+,17+,18+,19-,20-/m1/s1. The smallest absolute Gasteiger partial charge is 0.187 e. The van der Waals surface area contributed by atoms with E-state index >= 15 is 0 Å². The predicted molar refractivity (Wildman–Crippen MR) is 97.8 cm³/mol. The molecule has 0 unspecified atom stereocenters. The molecule has 1 aliphatic heterocycles. The van der Waals surface area contributed by atoms with Crippen molar-refractivity contribution in [2.75, 3.05) is 13.2 Å². The largest absolute Gasteiger partial charge is 0.396 e. The van der Waals surface area contributed by atoms with Gasteiger partial charge in [0.15, 0.2) is 12.1 Å². The van der Waals surface area contributed by atoms with Crippen LogP contribution in [0, 0.1) is 19.8 Å². The third-order valence-electron chi connectivity index (χ3n) is 5.88. The van der Waals surface area contributed by atoms with Crippen molar-refractivity contribution in [1.29, 1.82) is 0 Å². The number of aliphatic hydroxyl groups is 5. The zero-order valence-electron chi connectivity index (χ0n) is 16.2. The summed E-state index contributed by atoms with van der Waals surface area (Å²) in [4.78, 5) is 12.9. The van der Waals surface area contributed by atoms with Crippen molar-refractivity contribution >= 4 is 5.78 Å². The number of Topliss-reactive ketones (excluding diaryl/α,β-unsaturated/α-hetero) is 1. The fraction of sp³-hybridized carbons (Fsp3) is 0.650. The molecule has 1 heterocycles. The van der Waals surface area contributed by atoms with Gasteiger partial charge in [-0.15, -0.1) is 0 Å². The van der Waals surface area contributed by atoms with Gasteiger partial charge in [0.05, 0.1) is 18.6 Å². The molecule has 1 aromatic carbocycles. The van der Waals surface area contributed by atoms with Gasteiger partial charge in [-0.3, -0.25) is 4.79 Å². The van der Waals surface area contributed by atoms with Gasteiger partial charge in [-0.2, -0.15) is 0 Å². The fourth-order valence-electron chi connectivity index (χ4n) is 4.25. The molecule has 1 fully saturated rings. The van der Waals surface area contributed by atoms with E-state index in [1.807, 2.05) is 19.9 Å². The van der Waals surface area contributed by atoms with Crippen LogP contribution in [0.3, 0.4) is 0 Å². The Labute approximate surface area is 163 Å².